The summed E-state index contributed by atoms with van der Waals surface area (Å²) in [6, 6.07) is 6.81. The lowest BCUT2D eigenvalue weighted by Crippen LogP contribution is -2.44. The zero-order chi connectivity index (χ0) is 26.9. The second kappa shape index (κ2) is 12.5. The highest BCUT2D eigenvalue weighted by atomic mass is 79.9. The number of likely N-dealkylation sites (tertiary alicyclic amines) is 2. The van der Waals surface area contributed by atoms with Crippen LogP contribution in [-0.2, 0) is 17.6 Å². The van der Waals surface area contributed by atoms with Crippen molar-refractivity contribution in [3.05, 3.63) is 60.7 Å². The zero-order valence-electron chi connectivity index (χ0n) is 22.6. The Hall–Kier alpha value is -0.990. The number of nitrogens with one attached hydrogen (secondary N) is 1. The van der Waals surface area contributed by atoms with Crippen LogP contribution in [0.4, 0.5) is 0 Å². The molecular formula is C31H39Br2ClN4O. The average molecular weight is 679 g/mol. The summed E-state index contributed by atoms with van der Waals surface area (Å²) in [4.78, 5) is 22.8. The van der Waals surface area contributed by atoms with Crippen molar-refractivity contribution < 1.29 is 4.79 Å². The van der Waals surface area contributed by atoms with Gasteiger partial charge in [-0.05, 0) is 162 Å². The lowest BCUT2D eigenvalue weighted by atomic mass is 9.78. The van der Waals surface area contributed by atoms with E-state index in [-0.39, 0.29) is 6.04 Å². The highest BCUT2D eigenvalue weighted by Gasteiger charge is 2.36. The average Bonchev–Trinajstić information content (AvgIpc) is 3.10. The number of pyridine rings is 1. The van der Waals surface area contributed by atoms with E-state index in [1.165, 1.54) is 48.1 Å². The smallest absolute Gasteiger partial charge is 0.222 e. The topological polar surface area (TPSA) is 48.5 Å². The summed E-state index contributed by atoms with van der Waals surface area (Å²) in [5, 5.41) is 4.20. The maximum absolute atomic E-state index is 12.9. The molecule has 0 radical (unpaired) electrons. The van der Waals surface area contributed by atoms with Crippen LogP contribution < -0.4 is 5.32 Å². The van der Waals surface area contributed by atoms with Crippen LogP contribution in [0.25, 0.3) is 0 Å². The van der Waals surface area contributed by atoms with Crippen molar-refractivity contribution in [3.8, 4) is 0 Å². The maximum Gasteiger partial charge on any atom is 0.222 e. The van der Waals surface area contributed by atoms with Gasteiger partial charge in [0.1, 0.15) is 0 Å². The molecule has 4 heterocycles. The minimum atomic E-state index is 0.162. The summed E-state index contributed by atoms with van der Waals surface area (Å²) >= 11 is 13.9. The van der Waals surface area contributed by atoms with Crippen molar-refractivity contribution in [1.29, 1.82) is 0 Å². The summed E-state index contributed by atoms with van der Waals surface area (Å²) < 4.78 is 2.01. The van der Waals surface area contributed by atoms with Crippen LogP contribution in [0.3, 0.4) is 0 Å². The van der Waals surface area contributed by atoms with Gasteiger partial charge >= 0.3 is 0 Å². The number of hydrogen-bond donors (Lipinski definition) is 1. The molecule has 1 amide bonds. The number of carbonyl (C=O) groups excluding carboxylic acids is 1. The van der Waals surface area contributed by atoms with Gasteiger partial charge in [0.2, 0.25) is 5.91 Å². The SMILES string of the molecule is O=C(CC1CCNCC1)N1CCC(C2CCN(C3c4cc(Br)c(Cl)cc4CCc4cc(Br)cnc43)CC2)CC1. The number of nitrogens with zero attached hydrogens (tertiary/aromatic N) is 3. The zero-order valence-corrected chi connectivity index (χ0v) is 26.5. The van der Waals surface area contributed by atoms with Crippen molar-refractivity contribution >= 4 is 49.4 Å². The predicted octanol–water partition coefficient (Wildman–Crippen LogP) is 6.79. The van der Waals surface area contributed by atoms with Gasteiger partial charge in [-0.3, -0.25) is 14.7 Å². The van der Waals surface area contributed by atoms with E-state index in [2.05, 4.69) is 65.2 Å². The Balaban J connectivity index is 1.11. The van der Waals surface area contributed by atoms with E-state index in [9.17, 15) is 4.79 Å². The third-order valence-electron chi connectivity index (χ3n) is 9.79. The van der Waals surface area contributed by atoms with E-state index in [1.54, 1.807) is 0 Å². The molecule has 2 aromatic rings. The first kappa shape index (κ1) is 28.1. The summed E-state index contributed by atoms with van der Waals surface area (Å²) in [7, 11) is 0. The van der Waals surface area contributed by atoms with E-state index >= 15 is 0 Å². The Labute approximate surface area is 254 Å². The Kier molecular flexibility index (Phi) is 9.01. The normalized spacial score (nSPS) is 23.8. The molecule has 4 aliphatic rings. The lowest BCUT2D eigenvalue weighted by molar-refractivity contribution is -0.134. The second-order valence-corrected chi connectivity index (χ2v) is 14.2. The van der Waals surface area contributed by atoms with Gasteiger partial charge < -0.3 is 10.2 Å². The van der Waals surface area contributed by atoms with Crippen molar-refractivity contribution in [3.63, 3.8) is 0 Å². The molecule has 5 nitrogen and oxygen atoms in total. The van der Waals surface area contributed by atoms with Crippen LogP contribution in [0.1, 0.15) is 73.4 Å². The van der Waals surface area contributed by atoms with Gasteiger partial charge in [0.05, 0.1) is 16.8 Å². The largest absolute Gasteiger partial charge is 0.343 e. The number of fused-ring (bicyclic) bond motifs is 2. The molecular weight excluding hydrogens is 640 g/mol. The molecule has 0 spiro atoms. The molecule has 3 saturated heterocycles. The molecule has 1 unspecified atom stereocenters. The Morgan fingerprint density at radius 2 is 1.59 bits per heavy atom. The Morgan fingerprint density at radius 1 is 0.923 bits per heavy atom. The van der Waals surface area contributed by atoms with Crippen LogP contribution in [0.15, 0.2) is 33.3 Å². The molecule has 3 aliphatic heterocycles. The summed E-state index contributed by atoms with van der Waals surface area (Å²) in [6.45, 7) is 6.20. The van der Waals surface area contributed by atoms with E-state index in [1.807, 2.05) is 6.20 Å². The Bertz CT molecular complexity index is 1190. The second-order valence-electron chi connectivity index (χ2n) is 12.1. The maximum atomic E-state index is 12.9. The molecule has 39 heavy (non-hydrogen) atoms. The number of benzene rings is 1. The molecule has 1 aromatic carbocycles. The molecule has 1 atom stereocenters. The number of carbonyl (C=O) groups is 1. The lowest BCUT2D eigenvalue weighted by Gasteiger charge is -2.43. The number of halogens is 3. The van der Waals surface area contributed by atoms with Crippen LogP contribution in [0, 0.1) is 17.8 Å². The van der Waals surface area contributed by atoms with E-state index in [0.29, 0.717) is 11.8 Å². The molecule has 1 N–H and O–H groups in total. The summed E-state index contributed by atoms with van der Waals surface area (Å²) in [6.07, 6.45) is 11.7. The number of aromatic nitrogens is 1. The van der Waals surface area contributed by atoms with E-state index in [4.69, 9.17) is 16.6 Å². The minimum Gasteiger partial charge on any atom is -0.343 e. The van der Waals surface area contributed by atoms with Gasteiger partial charge in [0.15, 0.2) is 0 Å². The van der Waals surface area contributed by atoms with Crippen molar-refractivity contribution in [2.24, 2.45) is 17.8 Å². The fourth-order valence-electron chi connectivity index (χ4n) is 7.53. The molecule has 3 fully saturated rings. The minimum absolute atomic E-state index is 0.162. The monoisotopic (exact) mass is 676 g/mol. The molecule has 0 saturated carbocycles. The van der Waals surface area contributed by atoms with Gasteiger partial charge in [-0.15, -0.1) is 0 Å². The summed E-state index contributed by atoms with van der Waals surface area (Å²) in [5.41, 5.74) is 5.22. The number of hydrogen-bond acceptors (Lipinski definition) is 4. The van der Waals surface area contributed by atoms with Crippen LogP contribution in [-0.4, -0.2) is 60.0 Å². The van der Waals surface area contributed by atoms with Gasteiger partial charge in [-0.25, -0.2) is 0 Å². The highest BCUT2D eigenvalue weighted by molar-refractivity contribution is 9.10. The van der Waals surface area contributed by atoms with Gasteiger partial charge in [-0.2, -0.15) is 0 Å². The molecule has 1 aromatic heterocycles. The standard InChI is InChI=1S/C31H39Br2ClN4O/c32-25-16-24-2-1-23-17-28(34)27(33)18-26(23)31(30(24)36-19-25)38-13-7-22(8-14-38)21-5-11-37(12-6-21)29(39)15-20-3-9-35-10-4-20/h16-22,31,35H,1-15H2. The number of aryl methyl sites for hydroxylation is 2. The first-order chi connectivity index (χ1) is 19.0. The van der Waals surface area contributed by atoms with Gasteiger partial charge in [-0.1, -0.05) is 11.6 Å². The number of rotatable bonds is 4. The fraction of sp³-hybridized carbons (Fsp3) is 0.613. The molecule has 8 heteroatoms. The summed E-state index contributed by atoms with van der Waals surface area (Å²) in [5.74, 6) is 2.46. The van der Waals surface area contributed by atoms with Crippen LogP contribution >= 0.6 is 43.5 Å². The van der Waals surface area contributed by atoms with E-state index in [0.717, 1.165) is 97.2 Å². The first-order valence-corrected chi connectivity index (χ1v) is 16.8. The molecule has 210 valence electrons. The quantitative estimate of drug-likeness (QED) is 0.387. The van der Waals surface area contributed by atoms with Gasteiger partial charge in [0.25, 0.3) is 0 Å². The van der Waals surface area contributed by atoms with Gasteiger partial charge in [0, 0.05) is 34.7 Å². The van der Waals surface area contributed by atoms with Crippen molar-refractivity contribution in [1.82, 2.24) is 20.1 Å². The van der Waals surface area contributed by atoms with Crippen LogP contribution in [0.2, 0.25) is 5.02 Å². The molecule has 1 aliphatic carbocycles. The number of amides is 1. The highest BCUT2D eigenvalue weighted by Crippen LogP contribution is 2.42. The number of piperidine rings is 3. The van der Waals surface area contributed by atoms with Crippen LogP contribution in [0.5, 0.6) is 0 Å². The third kappa shape index (κ3) is 6.28. The Morgan fingerprint density at radius 3 is 2.31 bits per heavy atom. The van der Waals surface area contributed by atoms with Crippen molar-refractivity contribution in [2.75, 3.05) is 39.3 Å². The molecule has 6 rings (SSSR count). The first-order valence-electron chi connectivity index (χ1n) is 14.8. The molecule has 0 bridgehead atoms. The fourth-order valence-corrected chi connectivity index (χ4v) is 8.46. The third-order valence-corrected chi connectivity index (χ3v) is 11.4. The predicted molar refractivity (Wildman–Crippen MR) is 164 cm³/mol. The van der Waals surface area contributed by atoms with E-state index < -0.39 is 0 Å². The van der Waals surface area contributed by atoms with Crippen molar-refractivity contribution in [2.45, 2.75) is 63.8 Å².